The maximum Gasteiger partial charge on any atom is 0.272 e. The van der Waals surface area contributed by atoms with Crippen molar-refractivity contribution < 1.29 is 13.6 Å². The van der Waals surface area contributed by atoms with E-state index in [4.69, 9.17) is 0 Å². The summed E-state index contributed by atoms with van der Waals surface area (Å²) in [5.41, 5.74) is 0.399. The van der Waals surface area contributed by atoms with E-state index < -0.39 is 17.9 Å². The number of carbonyl (C=O) groups excluding carboxylic acids is 1. The second-order valence-corrected chi connectivity index (χ2v) is 4.46. The van der Waals surface area contributed by atoms with E-state index in [0.717, 1.165) is 6.07 Å². The summed E-state index contributed by atoms with van der Waals surface area (Å²) in [6.07, 6.45) is 0. The lowest BCUT2D eigenvalue weighted by atomic mass is 10.1. The van der Waals surface area contributed by atoms with Crippen LogP contribution in [-0.4, -0.2) is 22.8 Å². The van der Waals surface area contributed by atoms with Gasteiger partial charge in [-0.25, -0.2) is 9.37 Å². The highest BCUT2D eigenvalue weighted by molar-refractivity contribution is 5.92. The van der Waals surface area contributed by atoms with Crippen molar-refractivity contribution in [1.29, 1.82) is 0 Å². The summed E-state index contributed by atoms with van der Waals surface area (Å²) in [6, 6.07) is 9.76. The summed E-state index contributed by atoms with van der Waals surface area (Å²) in [5.74, 6) is -1.56. The van der Waals surface area contributed by atoms with E-state index in [0.29, 0.717) is 5.56 Å². The van der Waals surface area contributed by atoms with Gasteiger partial charge in [-0.1, -0.05) is 24.3 Å². The predicted molar refractivity (Wildman–Crippen MR) is 71.1 cm³/mol. The van der Waals surface area contributed by atoms with Gasteiger partial charge >= 0.3 is 0 Å². The van der Waals surface area contributed by atoms with Gasteiger partial charge in [0.25, 0.3) is 5.91 Å². The Morgan fingerprint density at radius 3 is 2.50 bits per heavy atom. The van der Waals surface area contributed by atoms with Gasteiger partial charge in [0.2, 0.25) is 5.95 Å². The minimum absolute atomic E-state index is 0.00399. The van der Waals surface area contributed by atoms with E-state index in [1.54, 1.807) is 25.1 Å². The molecule has 1 atom stereocenters. The third-order valence-electron chi connectivity index (χ3n) is 3.19. The van der Waals surface area contributed by atoms with Crippen LogP contribution in [0.4, 0.5) is 8.78 Å². The molecular formula is C15H14F2N2O. The molecule has 2 aromatic rings. The standard InChI is InChI=1S/C15H14F2N2O/c1-10(11-6-3-4-7-12(11)16)19(2)15(20)13-8-5-9-14(17)18-13/h3-10H,1-2H3. The van der Waals surface area contributed by atoms with Crippen LogP contribution in [-0.2, 0) is 0 Å². The Morgan fingerprint density at radius 1 is 1.15 bits per heavy atom. The molecule has 1 aromatic carbocycles. The first-order chi connectivity index (χ1) is 9.50. The highest BCUT2D eigenvalue weighted by Gasteiger charge is 2.22. The molecule has 5 heteroatoms. The van der Waals surface area contributed by atoms with Crippen LogP contribution < -0.4 is 0 Å². The molecule has 0 aliphatic heterocycles. The zero-order valence-electron chi connectivity index (χ0n) is 11.2. The topological polar surface area (TPSA) is 33.2 Å². The SMILES string of the molecule is CC(c1ccccc1F)N(C)C(=O)c1cccc(F)n1. The molecule has 0 radical (unpaired) electrons. The highest BCUT2D eigenvalue weighted by atomic mass is 19.1. The number of rotatable bonds is 3. The van der Waals surface area contributed by atoms with E-state index in [1.807, 2.05) is 0 Å². The summed E-state index contributed by atoms with van der Waals surface area (Å²) < 4.78 is 26.8. The molecule has 20 heavy (non-hydrogen) atoms. The minimum atomic E-state index is -0.720. The Labute approximate surface area is 115 Å². The molecule has 0 saturated heterocycles. The summed E-state index contributed by atoms with van der Waals surface area (Å²) in [6.45, 7) is 1.70. The maximum absolute atomic E-state index is 13.7. The van der Waals surface area contributed by atoms with E-state index in [2.05, 4.69) is 4.98 Å². The smallest absolute Gasteiger partial charge is 0.272 e. The minimum Gasteiger partial charge on any atom is -0.334 e. The summed E-state index contributed by atoms with van der Waals surface area (Å²) in [7, 11) is 1.53. The van der Waals surface area contributed by atoms with Crippen LogP contribution in [0.1, 0.15) is 29.0 Å². The van der Waals surface area contributed by atoms with Crippen molar-refractivity contribution in [3.63, 3.8) is 0 Å². The number of benzene rings is 1. The van der Waals surface area contributed by atoms with Crippen molar-refractivity contribution >= 4 is 5.91 Å². The van der Waals surface area contributed by atoms with Crippen LogP contribution in [0.15, 0.2) is 42.5 Å². The number of nitrogens with zero attached hydrogens (tertiary/aromatic N) is 2. The number of carbonyl (C=O) groups is 1. The highest BCUT2D eigenvalue weighted by Crippen LogP contribution is 2.22. The van der Waals surface area contributed by atoms with Gasteiger partial charge in [-0.3, -0.25) is 4.79 Å². The van der Waals surface area contributed by atoms with Gasteiger partial charge in [-0.15, -0.1) is 0 Å². The van der Waals surface area contributed by atoms with E-state index >= 15 is 0 Å². The zero-order chi connectivity index (χ0) is 14.7. The molecule has 3 nitrogen and oxygen atoms in total. The van der Waals surface area contributed by atoms with Crippen LogP contribution in [0.5, 0.6) is 0 Å². The summed E-state index contributed by atoms with van der Waals surface area (Å²) in [4.78, 5) is 17.1. The molecule has 0 N–H and O–H groups in total. The molecule has 0 spiro atoms. The lowest BCUT2D eigenvalue weighted by Crippen LogP contribution is -2.30. The first-order valence-electron chi connectivity index (χ1n) is 6.15. The van der Waals surface area contributed by atoms with Crippen molar-refractivity contribution in [2.75, 3.05) is 7.05 Å². The molecule has 1 unspecified atom stereocenters. The number of aromatic nitrogens is 1. The number of halogens is 2. The van der Waals surface area contributed by atoms with E-state index in [9.17, 15) is 13.6 Å². The Hall–Kier alpha value is -2.30. The third kappa shape index (κ3) is 2.82. The van der Waals surface area contributed by atoms with Crippen molar-refractivity contribution in [2.45, 2.75) is 13.0 Å². The van der Waals surface area contributed by atoms with Crippen molar-refractivity contribution in [2.24, 2.45) is 0 Å². The molecule has 0 aliphatic carbocycles. The second-order valence-electron chi connectivity index (χ2n) is 4.46. The molecular weight excluding hydrogens is 262 g/mol. The first kappa shape index (κ1) is 14.1. The average Bonchev–Trinajstić information content (AvgIpc) is 2.45. The Bertz CT molecular complexity index is 631. The van der Waals surface area contributed by atoms with Crippen LogP contribution in [0, 0.1) is 11.8 Å². The molecule has 0 bridgehead atoms. The number of hydrogen-bond acceptors (Lipinski definition) is 2. The fraction of sp³-hybridized carbons (Fsp3) is 0.200. The van der Waals surface area contributed by atoms with Gasteiger partial charge in [0.15, 0.2) is 0 Å². The maximum atomic E-state index is 13.7. The Balaban J connectivity index is 2.25. The monoisotopic (exact) mass is 276 g/mol. The fourth-order valence-corrected chi connectivity index (χ4v) is 1.91. The lowest BCUT2D eigenvalue weighted by molar-refractivity contribution is 0.0733. The predicted octanol–water partition coefficient (Wildman–Crippen LogP) is 3.19. The Morgan fingerprint density at radius 2 is 1.85 bits per heavy atom. The van der Waals surface area contributed by atoms with E-state index in [1.165, 1.54) is 30.1 Å². The molecule has 1 aromatic heterocycles. The van der Waals surface area contributed by atoms with Crippen LogP contribution in [0.25, 0.3) is 0 Å². The van der Waals surface area contributed by atoms with Crippen LogP contribution in [0.3, 0.4) is 0 Å². The zero-order valence-corrected chi connectivity index (χ0v) is 11.2. The van der Waals surface area contributed by atoms with Crippen LogP contribution >= 0.6 is 0 Å². The number of amides is 1. The van der Waals surface area contributed by atoms with Crippen molar-refractivity contribution in [1.82, 2.24) is 9.88 Å². The molecule has 1 amide bonds. The van der Waals surface area contributed by atoms with E-state index in [-0.39, 0.29) is 11.5 Å². The number of pyridine rings is 1. The Kier molecular flexibility index (Phi) is 4.08. The third-order valence-corrected chi connectivity index (χ3v) is 3.19. The molecule has 0 fully saturated rings. The molecule has 1 heterocycles. The average molecular weight is 276 g/mol. The molecule has 2 rings (SSSR count). The van der Waals surface area contributed by atoms with Crippen molar-refractivity contribution in [3.8, 4) is 0 Å². The van der Waals surface area contributed by atoms with Gasteiger partial charge in [0.05, 0.1) is 6.04 Å². The summed E-state index contributed by atoms with van der Waals surface area (Å²) >= 11 is 0. The summed E-state index contributed by atoms with van der Waals surface area (Å²) in [5, 5.41) is 0. The van der Waals surface area contributed by atoms with Crippen molar-refractivity contribution in [3.05, 3.63) is 65.5 Å². The molecule has 0 saturated carbocycles. The van der Waals surface area contributed by atoms with Crippen LogP contribution in [0.2, 0.25) is 0 Å². The van der Waals surface area contributed by atoms with Gasteiger partial charge in [-0.05, 0) is 25.1 Å². The quantitative estimate of drug-likeness (QED) is 0.807. The second kappa shape index (κ2) is 5.77. The molecule has 104 valence electrons. The first-order valence-corrected chi connectivity index (χ1v) is 6.15. The van der Waals surface area contributed by atoms with Gasteiger partial charge in [-0.2, -0.15) is 4.39 Å². The number of hydrogen-bond donors (Lipinski definition) is 0. The van der Waals surface area contributed by atoms with Gasteiger partial charge in [0, 0.05) is 12.6 Å². The van der Waals surface area contributed by atoms with Gasteiger partial charge < -0.3 is 4.90 Å². The molecule has 0 aliphatic rings. The lowest BCUT2D eigenvalue weighted by Gasteiger charge is -2.25. The normalized spacial score (nSPS) is 12.0. The fourth-order valence-electron chi connectivity index (χ4n) is 1.91. The largest absolute Gasteiger partial charge is 0.334 e. The van der Waals surface area contributed by atoms with Gasteiger partial charge in [0.1, 0.15) is 11.5 Å².